The summed E-state index contributed by atoms with van der Waals surface area (Å²) in [4.78, 5) is 12.1. The Morgan fingerprint density at radius 2 is 1.94 bits per heavy atom. The van der Waals surface area contributed by atoms with Gasteiger partial charge in [-0.1, -0.05) is 35.0 Å². The summed E-state index contributed by atoms with van der Waals surface area (Å²) in [6.45, 7) is 6.02. The number of rotatable bonds is 5. The lowest BCUT2D eigenvalue weighted by atomic mass is 10.0. The predicted molar refractivity (Wildman–Crippen MR) is 77.3 cm³/mol. The van der Waals surface area contributed by atoms with E-state index in [0.29, 0.717) is 6.42 Å². The average molecular weight is 314 g/mol. The molecule has 1 aromatic carbocycles. The van der Waals surface area contributed by atoms with Crippen molar-refractivity contribution in [3.63, 3.8) is 0 Å². The van der Waals surface area contributed by atoms with E-state index >= 15 is 0 Å². The summed E-state index contributed by atoms with van der Waals surface area (Å²) >= 11 is 3.50. The van der Waals surface area contributed by atoms with Crippen LogP contribution in [0.4, 0.5) is 0 Å². The molecule has 0 aliphatic carbocycles. The van der Waals surface area contributed by atoms with Gasteiger partial charge in [-0.2, -0.15) is 0 Å². The highest BCUT2D eigenvalue weighted by Crippen LogP contribution is 2.17. The first-order valence-corrected chi connectivity index (χ1v) is 6.84. The zero-order valence-electron chi connectivity index (χ0n) is 11.3. The van der Waals surface area contributed by atoms with Crippen LogP contribution in [-0.2, 0) is 11.2 Å². The Bertz CT molecular complexity index is 399. The molecule has 1 aromatic rings. The van der Waals surface area contributed by atoms with E-state index in [1.165, 1.54) is 0 Å². The summed E-state index contributed by atoms with van der Waals surface area (Å²) in [5.41, 5.74) is 0.718. The highest BCUT2D eigenvalue weighted by Gasteiger charge is 2.25. The van der Waals surface area contributed by atoms with E-state index in [2.05, 4.69) is 21.2 Å². The number of ether oxygens (including phenoxy) is 1. The van der Waals surface area contributed by atoms with Crippen molar-refractivity contribution in [3.8, 4) is 5.75 Å². The molecule has 0 saturated heterocycles. The summed E-state index contributed by atoms with van der Waals surface area (Å²) < 4.78 is 5.08. The number of halogens is 1. The van der Waals surface area contributed by atoms with Gasteiger partial charge in [-0.3, -0.25) is 4.79 Å². The fourth-order valence-electron chi connectivity index (χ4n) is 1.43. The first-order valence-electron chi connectivity index (χ1n) is 5.93. The van der Waals surface area contributed by atoms with Crippen molar-refractivity contribution >= 4 is 21.8 Å². The van der Waals surface area contributed by atoms with Crippen molar-refractivity contribution in [3.05, 3.63) is 29.8 Å². The first-order chi connectivity index (χ1) is 8.35. The molecule has 1 rings (SSSR count). The van der Waals surface area contributed by atoms with E-state index in [1.54, 1.807) is 7.11 Å². The second-order valence-electron chi connectivity index (χ2n) is 4.91. The Hall–Kier alpha value is -1.03. The van der Waals surface area contributed by atoms with Gasteiger partial charge in [0, 0.05) is 10.4 Å². The van der Waals surface area contributed by atoms with Gasteiger partial charge >= 0.3 is 0 Å². The summed E-state index contributed by atoms with van der Waals surface area (Å²) in [6, 6.07) is 7.54. The van der Waals surface area contributed by atoms with Crippen molar-refractivity contribution in [2.45, 2.75) is 37.6 Å². The molecule has 3 nitrogen and oxygen atoms in total. The SMILES string of the molecule is COc1ccc(CC(=O)NC(C)(C)C(C)Br)cc1. The van der Waals surface area contributed by atoms with Crippen LogP contribution in [0.2, 0.25) is 0 Å². The topological polar surface area (TPSA) is 38.3 Å². The summed E-state index contributed by atoms with van der Waals surface area (Å²) in [5.74, 6) is 0.824. The molecule has 100 valence electrons. The van der Waals surface area contributed by atoms with Gasteiger partial charge in [-0.25, -0.2) is 0 Å². The van der Waals surface area contributed by atoms with Crippen molar-refractivity contribution in [1.82, 2.24) is 5.32 Å². The van der Waals surface area contributed by atoms with Gasteiger partial charge in [-0.05, 0) is 31.5 Å². The Kier molecular flexibility index (Phi) is 5.20. The summed E-state index contributed by atoms with van der Waals surface area (Å²) in [7, 11) is 1.63. The van der Waals surface area contributed by atoms with Crippen LogP contribution in [0.1, 0.15) is 26.3 Å². The predicted octanol–water partition coefficient (Wildman–Crippen LogP) is 2.92. The fourth-order valence-corrected chi connectivity index (χ4v) is 1.55. The molecule has 0 spiro atoms. The molecule has 0 heterocycles. The number of amides is 1. The Morgan fingerprint density at radius 1 is 1.39 bits per heavy atom. The van der Waals surface area contributed by atoms with E-state index in [0.717, 1.165) is 11.3 Å². The van der Waals surface area contributed by atoms with Gasteiger partial charge in [0.15, 0.2) is 0 Å². The van der Waals surface area contributed by atoms with E-state index in [4.69, 9.17) is 4.74 Å². The minimum Gasteiger partial charge on any atom is -0.497 e. The quantitative estimate of drug-likeness (QED) is 0.849. The maximum atomic E-state index is 11.9. The number of benzene rings is 1. The third-order valence-corrected chi connectivity index (χ3v) is 4.12. The van der Waals surface area contributed by atoms with E-state index in [-0.39, 0.29) is 16.3 Å². The van der Waals surface area contributed by atoms with Crippen molar-refractivity contribution < 1.29 is 9.53 Å². The molecule has 0 aliphatic heterocycles. The average Bonchev–Trinajstić information content (AvgIpc) is 2.29. The molecule has 1 unspecified atom stereocenters. The summed E-state index contributed by atoms with van der Waals surface area (Å²) in [5, 5.41) is 3.02. The van der Waals surface area contributed by atoms with Crippen LogP contribution < -0.4 is 10.1 Å². The van der Waals surface area contributed by atoms with Crippen LogP contribution in [-0.4, -0.2) is 23.4 Å². The monoisotopic (exact) mass is 313 g/mol. The lowest BCUT2D eigenvalue weighted by molar-refractivity contribution is -0.121. The molecular weight excluding hydrogens is 294 g/mol. The maximum Gasteiger partial charge on any atom is 0.224 e. The molecule has 0 fully saturated rings. The van der Waals surface area contributed by atoms with Crippen LogP contribution >= 0.6 is 15.9 Å². The van der Waals surface area contributed by atoms with Crippen molar-refractivity contribution in [1.29, 1.82) is 0 Å². The number of hydrogen-bond acceptors (Lipinski definition) is 2. The van der Waals surface area contributed by atoms with Gasteiger partial charge < -0.3 is 10.1 Å². The van der Waals surface area contributed by atoms with Gasteiger partial charge in [0.25, 0.3) is 0 Å². The molecule has 0 aromatic heterocycles. The number of methoxy groups -OCH3 is 1. The lowest BCUT2D eigenvalue weighted by Crippen LogP contribution is -2.49. The minimum atomic E-state index is -0.260. The molecule has 0 aliphatic rings. The van der Waals surface area contributed by atoms with Gasteiger partial charge in [0.2, 0.25) is 5.91 Å². The Balaban J connectivity index is 2.59. The van der Waals surface area contributed by atoms with Crippen molar-refractivity contribution in [2.24, 2.45) is 0 Å². The number of alkyl halides is 1. The normalized spacial score (nSPS) is 12.9. The molecule has 0 radical (unpaired) electrons. The molecule has 18 heavy (non-hydrogen) atoms. The standard InChI is InChI=1S/C14H20BrNO2/c1-10(15)14(2,3)16-13(17)9-11-5-7-12(18-4)8-6-11/h5-8,10H,9H2,1-4H3,(H,16,17). The molecule has 0 saturated carbocycles. The van der Waals surface area contributed by atoms with Crippen LogP contribution in [0.3, 0.4) is 0 Å². The van der Waals surface area contributed by atoms with Gasteiger partial charge in [0.05, 0.1) is 13.5 Å². The Labute approximate surface area is 117 Å². The number of carbonyl (C=O) groups is 1. The van der Waals surface area contributed by atoms with Crippen LogP contribution in [0.5, 0.6) is 5.75 Å². The fraction of sp³-hybridized carbons (Fsp3) is 0.500. The molecular formula is C14H20BrNO2. The molecule has 4 heteroatoms. The molecule has 0 bridgehead atoms. The molecule has 1 N–H and O–H groups in total. The number of carbonyl (C=O) groups excluding carboxylic acids is 1. The second-order valence-corrected chi connectivity index (χ2v) is 6.28. The van der Waals surface area contributed by atoms with Gasteiger partial charge in [-0.15, -0.1) is 0 Å². The van der Waals surface area contributed by atoms with Gasteiger partial charge in [0.1, 0.15) is 5.75 Å². The zero-order chi connectivity index (χ0) is 13.8. The first kappa shape index (κ1) is 15.0. The highest BCUT2D eigenvalue weighted by atomic mass is 79.9. The lowest BCUT2D eigenvalue weighted by Gasteiger charge is -2.29. The summed E-state index contributed by atoms with van der Waals surface area (Å²) in [6.07, 6.45) is 0.382. The Morgan fingerprint density at radius 3 is 2.39 bits per heavy atom. The molecule has 1 amide bonds. The van der Waals surface area contributed by atoms with E-state index < -0.39 is 0 Å². The highest BCUT2D eigenvalue weighted by molar-refractivity contribution is 9.09. The zero-order valence-corrected chi connectivity index (χ0v) is 12.9. The maximum absolute atomic E-state index is 11.9. The smallest absolute Gasteiger partial charge is 0.224 e. The number of hydrogen-bond donors (Lipinski definition) is 1. The second kappa shape index (κ2) is 6.23. The van der Waals surface area contributed by atoms with E-state index in [9.17, 15) is 4.79 Å². The van der Waals surface area contributed by atoms with Crippen LogP contribution in [0.15, 0.2) is 24.3 Å². The largest absolute Gasteiger partial charge is 0.497 e. The van der Waals surface area contributed by atoms with Crippen molar-refractivity contribution in [2.75, 3.05) is 7.11 Å². The van der Waals surface area contributed by atoms with Crippen LogP contribution in [0.25, 0.3) is 0 Å². The minimum absolute atomic E-state index is 0.0245. The number of nitrogens with one attached hydrogen (secondary N) is 1. The van der Waals surface area contributed by atoms with Crippen LogP contribution in [0, 0.1) is 0 Å². The third kappa shape index (κ3) is 4.33. The molecule has 1 atom stereocenters. The third-order valence-electron chi connectivity index (χ3n) is 2.98. The van der Waals surface area contributed by atoms with E-state index in [1.807, 2.05) is 45.0 Å².